The van der Waals surface area contributed by atoms with Crippen LogP contribution in [0.5, 0.6) is 5.75 Å². The first kappa shape index (κ1) is 19.4. The molecule has 0 radical (unpaired) electrons. The monoisotopic (exact) mass is 390 g/mol. The summed E-state index contributed by atoms with van der Waals surface area (Å²) in [4.78, 5) is 10.3. The summed E-state index contributed by atoms with van der Waals surface area (Å²) in [7, 11) is 3.59. The van der Waals surface area contributed by atoms with E-state index in [1.165, 1.54) is 22.0 Å². The number of guanidine groups is 1. The summed E-state index contributed by atoms with van der Waals surface area (Å²) in [5, 5.41) is 4.89. The second-order valence-corrected chi connectivity index (χ2v) is 7.64. The Morgan fingerprint density at radius 3 is 2.83 bits per heavy atom. The maximum Gasteiger partial charge on any atom is 0.193 e. The van der Waals surface area contributed by atoms with Crippen molar-refractivity contribution in [2.24, 2.45) is 4.99 Å². The highest BCUT2D eigenvalue weighted by Gasteiger charge is 2.25. The highest BCUT2D eigenvalue weighted by molar-refractivity contribution is 5.83. The number of nitrogens with one attached hydrogen (secondary N) is 2. The number of methoxy groups -OCH3 is 1. The third-order valence-electron chi connectivity index (χ3n) is 5.87. The van der Waals surface area contributed by atoms with Gasteiger partial charge in [0.05, 0.1) is 7.11 Å². The van der Waals surface area contributed by atoms with Crippen molar-refractivity contribution < 1.29 is 4.74 Å². The van der Waals surface area contributed by atoms with Crippen LogP contribution >= 0.6 is 0 Å². The quantitative estimate of drug-likeness (QED) is 0.377. The molecule has 0 amide bonds. The van der Waals surface area contributed by atoms with Gasteiger partial charge in [-0.3, -0.25) is 4.99 Å². The Morgan fingerprint density at radius 2 is 2.03 bits per heavy atom. The van der Waals surface area contributed by atoms with Gasteiger partial charge in [0.15, 0.2) is 5.96 Å². The van der Waals surface area contributed by atoms with Crippen LogP contribution in [-0.4, -0.2) is 49.6 Å². The van der Waals surface area contributed by atoms with Gasteiger partial charge in [0.25, 0.3) is 0 Å². The maximum absolute atomic E-state index is 5.27. The van der Waals surface area contributed by atoms with Crippen LogP contribution in [0.1, 0.15) is 29.9 Å². The van der Waals surface area contributed by atoms with Crippen molar-refractivity contribution in [1.82, 2.24) is 15.2 Å². The summed E-state index contributed by atoms with van der Waals surface area (Å²) in [5.74, 6) is 2.47. The number of likely N-dealkylation sites (tertiary alicyclic amines) is 1. The molecular weight excluding hydrogens is 360 g/mol. The molecule has 5 nitrogen and oxygen atoms in total. The van der Waals surface area contributed by atoms with E-state index in [4.69, 9.17) is 4.74 Å². The minimum absolute atomic E-state index is 0.547. The van der Waals surface area contributed by atoms with E-state index in [1.54, 1.807) is 7.11 Å². The number of hydrogen-bond donors (Lipinski definition) is 2. The molecule has 2 heterocycles. The van der Waals surface area contributed by atoms with Crippen molar-refractivity contribution in [2.45, 2.75) is 25.2 Å². The van der Waals surface area contributed by atoms with Gasteiger partial charge in [-0.1, -0.05) is 30.3 Å². The Morgan fingerprint density at radius 1 is 1.21 bits per heavy atom. The van der Waals surface area contributed by atoms with E-state index in [9.17, 15) is 0 Å². The molecule has 5 heteroatoms. The van der Waals surface area contributed by atoms with E-state index in [-0.39, 0.29) is 0 Å². The molecule has 4 rings (SSSR count). The molecule has 2 N–H and O–H groups in total. The van der Waals surface area contributed by atoms with Crippen LogP contribution in [0.4, 0.5) is 0 Å². The van der Waals surface area contributed by atoms with Gasteiger partial charge in [-0.2, -0.15) is 0 Å². The molecule has 0 spiro atoms. The first-order valence-corrected chi connectivity index (χ1v) is 10.4. The smallest absolute Gasteiger partial charge is 0.193 e. The number of benzene rings is 2. The first-order chi connectivity index (χ1) is 14.3. The van der Waals surface area contributed by atoms with Crippen LogP contribution in [0, 0.1) is 0 Å². The number of hydrogen-bond acceptors (Lipinski definition) is 2. The summed E-state index contributed by atoms with van der Waals surface area (Å²) in [5.41, 5.74) is 3.98. The van der Waals surface area contributed by atoms with Crippen molar-refractivity contribution >= 4 is 16.9 Å². The molecule has 1 aromatic heterocycles. The summed E-state index contributed by atoms with van der Waals surface area (Å²) in [6, 6.07) is 17.0. The minimum Gasteiger partial charge on any atom is -0.497 e. The number of nitrogens with zero attached hydrogens (tertiary/aromatic N) is 2. The van der Waals surface area contributed by atoms with E-state index >= 15 is 0 Å². The zero-order chi connectivity index (χ0) is 20.1. The van der Waals surface area contributed by atoms with Gasteiger partial charge in [0.1, 0.15) is 5.75 Å². The fourth-order valence-electron chi connectivity index (χ4n) is 4.25. The van der Waals surface area contributed by atoms with Gasteiger partial charge in [0, 0.05) is 49.7 Å². The highest BCUT2D eigenvalue weighted by Crippen LogP contribution is 2.28. The average molecular weight is 391 g/mol. The predicted molar refractivity (Wildman–Crippen MR) is 120 cm³/mol. The number of para-hydroxylation sites is 1. The second-order valence-electron chi connectivity index (χ2n) is 7.64. The lowest BCUT2D eigenvalue weighted by Crippen LogP contribution is -2.40. The molecule has 1 atom stereocenters. The van der Waals surface area contributed by atoms with Crippen molar-refractivity contribution in [3.8, 4) is 5.75 Å². The van der Waals surface area contributed by atoms with Crippen LogP contribution in [0.15, 0.2) is 59.7 Å². The van der Waals surface area contributed by atoms with Crippen LogP contribution in [0.3, 0.4) is 0 Å². The Kier molecular flexibility index (Phi) is 6.03. The zero-order valence-electron chi connectivity index (χ0n) is 17.3. The number of fused-ring (bicyclic) bond motifs is 1. The summed E-state index contributed by atoms with van der Waals surface area (Å²) in [6.45, 7) is 2.98. The van der Waals surface area contributed by atoms with Crippen LogP contribution in [0.25, 0.3) is 10.9 Å². The lowest BCUT2D eigenvalue weighted by molar-refractivity contribution is 0.414. The van der Waals surface area contributed by atoms with Crippen molar-refractivity contribution in [1.29, 1.82) is 0 Å². The van der Waals surface area contributed by atoms with Crippen molar-refractivity contribution in [3.05, 3.63) is 65.9 Å². The molecule has 152 valence electrons. The normalized spacial score (nSPS) is 17.1. The molecular formula is C24H30N4O. The number of aryl methyl sites for hydroxylation is 1. The lowest BCUT2D eigenvalue weighted by atomic mass is 9.98. The molecule has 1 aliphatic rings. The minimum atomic E-state index is 0.547. The Hall–Kier alpha value is -2.95. The van der Waals surface area contributed by atoms with E-state index in [2.05, 4.69) is 74.9 Å². The third-order valence-corrected chi connectivity index (χ3v) is 5.87. The fraction of sp³-hybridized carbons (Fsp3) is 0.375. The Labute approximate surface area is 172 Å². The summed E-state index contributed by atoms with van der Waals surface area (Å²) in [6.07, 6.45) is 5.43. The first-order valence-electron chi connectivity index (χ1n) is 10.4. The molecule has 1 aliphatic heterocycles. The number of aromatic amines is 1. The molecule has 1 fully saturated rings. The van der Waals surface area contributed by atoms with Gasteiger partial charge in [-0.25, -0.2) is 0 Å². The molecule has 2 aromatic carbocycles. The Bertz CT molecular complexity index is 960. The third kappa shape index (κ3) is 4.39. The molecule has 3 aromatic rings. The lowest BCUT2D eigenvalue weighted by Gasteiger charge is -2.22. The van der Waals surface area contributed by atoms with Crippen molar-refractivity contribution in [2.75, 3.05) is 33.8 Å². The van der Waals surface area contributed by atoms with E-state index < -0.39 is 0 Å². The van der Waals surface area contributed by atoms with Gasteiger partial charge >= 0.3 is 0 Å². The topological polar surface area (TPSA) is 52.7 Å². The Balaban J connectivity index is 1.27. The van der Waals surface area contributed by atoms with Crippen molar-refractivity contribution in [3.63, 3.8) is 0 Å². The number of aromatic nitrogens is 1. The van der Waals surface area contributed by atoms with Crippen LogP contribution in [0.2, 0.25) is 0 Å². The summed E-state index contributed by atoms with van der Waals surface area (Å²) < 4.78 is 5.27. The molecule has 0 saturated carbocycles. The van der Waals surface area contributed by atoms with Crippen LogP contribution in [-0.2, 0) is 6.42 Å². The van der Waals surface area contributed by atoms with Gasteiger partial charge < -0.3 is 19.9 Å². The molecule has 1 unspecified atom stereocenters. The number of rotatable bonds is 6. The molecule has 1 saturated heterocycles. The standard InChI is InChI=1S/C24H30N4O/c1-25-24(26-14-5-6-19-16-27-23-8-4-3-7-22(19)23)28-15-13-20(17-28)18-9-11-21(29-2)12-10-18/h3-4,7-12,16,20,27H,5-6,13-15,17H2,1-2H3,(H,25,26). The van der Waals surface area contributed by atoms with E-state index in [0.29, 0.717) is 5.92 Å². The largest absolute Gasteiger partial charge is 0.497 e. The number of aliphatic imine (C=N–C) groups is 1. The SMILES string of the molecule is CN=C(NCCCc1c[nH]c2ccccc12)N1CCC(c2ccc(OC)cc2)C1. The highest BCUT2D eigenvalue weighted by atomic mass is 16.5. The number of ether oxygens (including phenoxy) is 1. The summed E-state index contributed by atoms with van der Waals surface area (Å²) >= 11 is 0. The molecule has 0 aliphatic carbocycles. The van der Waals surface area contributed by atoms with Gasteiger partial charge in [0.2, 0.25) is 0 Å². The predicted octanol–water partition coefficient (Wildman–Crippen LogP) is 4.17. The van der Waals surface area contributed by atoms with E-state index in [0.717, 1.165) is 50.6 Å². The maximum atomic E-state index is 5.27. The number of H-pyrrole nitrogens is 1. The fourth-order valence-corrected chi connectivity index (χ4v) is 4.25. The van der Waals surface area contributed by atoms with Gasteiger partial charge in [-0.05, 0) is 48.6 Å². The van der Waals surface area contributed by atoms with Gasteiger partial charge in [-0.15, -0.1) is 0 Å². The molecule has 0 bridgehead atoms. The van der Waals surface area contributed by atoms with Crippen LogP contribution < -0.4 is 10.1 Å². The van der Waals surface area contributed by atoms with E-state index in [1.807, 2.05) is 7.05 Å². The molecule has 29 heavy (non-hydrogen) atoms. The zero-order valence-corrected chi connectivity index (χ0v) is 17.3. The second kappa shape index (κ2) is 9.03. The average Bonchev–Trinajstić information content (AvgIpc) is 3.42.